The predicted octanol–water partition coefficient (Wildman–Crippen LogP) is 3.93. The molecule has 0 radical (unpaired) electrons. The highest BCUT2D eigenvalue weighted by Crippen LogP contribution is 2.38. The number of hydrogen-bond acceptors (Lipinski definition) is 3. The Balaban J connectivity index is 2.54. The number of amides is 2. The largest absolute Gasteiger partial charge is 0.274 e. The zero-order valence-electron chi connectivity index (χ0n) is 13.9. The minimum atomic E-state index is -0.154. The van der Waals surface area contributed by atoms with Gasteiger partial charge < -0.3 is 0 Å². The smallest absolute Gasteiger partial charge is 0.267 e. The van der Waals surface area contributed by atoms with Crippen molar-refractivity contribution in [3.63, 3.8) is 0 Å². The molecular weight excluding hydrogens is 294 g/mol. The Morgan fingerprint density at radius 1 is 1.09 bits per heavy atom. The average molecular weight is 317 g/mol. The first-order valence-corrected chi connectivity index (χ1v) is 8.59. The van der Waals surface area contributed by atoms with Crippen molar-refractivity contribution < 1.29 is 9.59 Å². The summed E-state index contributed by atoms with van der Waals surface area (Å²) < 4.78 is 0. The van der Waals surface area contributed by atoms with Gasteiger partial charge in [-0.25, -0.2) is 0 Å². The van der Waals surface area contributed by atoms with Gasteiger partial charge in [-0.2, -0.15) is 0 Å². The van der Waals surface area contributed by atoms with Crippen LogP contribution in [0.15, 0.2) is 23.1 Å². The van der Waals surface area contributed by atoms with Gasteiger partial charge >= 0.3 is 0 Å². The maximum Gasteiger partial charge on any atom is 0.267 e. The molecule has 2 amide bonds. The summed E-state index contributed by atoms with van der Waals surface area (Å²) in [6, 6.07) is 5.96. The molecule has 0 N–H and O–H groups in total. The Morgan fingerprint density at radius 3 is 2.32 bits per heavy atom. The molecule has 118 valence electrons. The number of benzene rings is 1. The van der Waals surface area contributed by atoms with Crippen LogP contribution in [0.5, 0.6) is 0 Å². The Kier molecular flexibility index (Phi) is 5.12. The van der Waals surface area contributed by atoms with Crippen molar-refractivity contribution in [1.82, 2.24) is 4.90 Å². The van der Waals surface area contributed by atoms with Crippen LogP contribution in [0.25, 0.3) is 5.57 Å². The summed E-state index contributed by atoms with van der Waals surface area (Å²) >= 11 is 1.48. The second-order valence-electron chi connectivity index (χ2n) is 5.93. The topological polar surface area (TPSA) is 37.4 Å². The summed E-state index contributed by atoms with van der Waals surface area (Å²) in [5, 5.41) is 0.259. The SMILES string of the molecule is CCCN1C(=O)C(SC(C)C)=C(c2ccc(C)c(C)c2)C1=O. The molecule has 1 aromatic rings. The van der Waals surface area contributed by atoms with E-state index in [0.29, 0.717) is 17.0 Å². The number of carbonyl (C=O) groups excluding carboxylic acids is 2. The van der Waals surface area contributed by atoms with Crippen molar-refractivity contribution in [3.8, 4) is 0 Å². The average Bonchev–Trinajstić information content (AvgIpc) is 2.67. The van der Waals surface area contributed by atoms with Crippen LogP contribution < -0.4 is 0 Å². The highest BCUT2D eigenvalue weighted by atomic mass is 32.2. The maximum absolute atomic E-state index is 12.7. The zero-order chi connectivity index (χ0) is 16.4. The molecule has 0 unspecified atom stereocenters. The lowest BCUT2D eigenvalue weighted by Gasteiger charge is -2.13. The Morgan fingerprint density at radius 2 is 1.77 bits per heavy atom. The molecule has 0 fully saturated rings. The van der Waals surface area contributed by atoms with E-state index in [2.05, 4.69) is 0 Å². The van der Waals surface area contributed by atoms with Crippen molar-refractivity contribution in [2.75, 3.05) is 6.54 Å². The van der Waals surface area contributed by atoms with Gasteiger partial charge in [-0.05, 0) is 37.0 Å². The first-order valence-electron chi connectivity index (χ1n) is 7.71. The van der Waals surface area contributed by atoms with Gasteiger partial charge in [-0.3, -0.25) is 14.5 Å². The normalized spacial score (nSPS) is 15.5. The van der Waals surface area contributed by atoms with E-state index in [9.17, 15) is 9.59 Å². The van der Waals surface area contributed by atoms with Gasteiger partial charge in [-0.1, -0.05) is 39.0 Å². The zero-order valence-corrected chi connectivity index (χ0v) is 14.7. The number of aryl methyl sites for hydroxylation is 2. The summed E-state index contributed by atoms with van der Waals surface area (Å²) in [6.45, 7) is 10.6. The third kappa shape index (κ3) is 3.12. The van der Waals surface area contributed by atoms with Gasteiger partial charge in [0.2, 0.25) is 0 Å². The Hall–Kier alpha value is -1.55. The van der Waals surface area contributed by atoms with Crippen molar-refractivity contribution in [1.29, 1.82) is 0 Å². The summed E-state index contributed by atoms with van der Waals surface area (Å²) in [5.41, 5.74) is 3.74. The summed E-state index contributed by atoms with van der Waals surface area (Å²) in [6.07, 6.45) is 0.775. The van der Waals surface area contributed by atoms with Crippen LogP contribution in [0.1, 0.15) is 43.9 Å². The van der Waals surface area contributed by atoms with Gasteiger partial charge in [0, 0.05) is 11.8 Å². The third-order valence-electron chi connectivity index (χ3n) is 3.72. The third-order valence-corrected chi connectivity index (χ3v) is 4.81. The van der Waals surface area contributed by atoms with E-state index >= 15 is 0 Å². The van der Waals surface area contributed by atoms with Crippen LogP contribution in [0.2, 0.25) is 0 Å². The minimum absolute atomic E-state index is 0.140. The van der Waals surface area contributed by atoms with Gasteiger partial charge in [-0.15, -0.1) is 11.8 Å². The molecule has 0 saturated heterocycles. The van der Waals surface area contributed by atoms with Crippen LogP contribution in [0.4, 0.5) is 0 Å². The molecule has 1 aromatic carbocycles. The predicted molar refractivity (Wildman–Crippen MR) is 92.6 cm³/mol. The molecule has 0 aliphatic carbocycles. The van der Waals surface area contributed by atoms with E-state index in [1.54, 1.807) is 0 Å². The molecule has 1 heterocycles. The number of thioether (sulfide) groups is 1. The van der Waals surface area contributed by atoms with Gasteiger partial charge in [0.1, 0.15) is 0 Å². The minimum Gasteiger partial charge on any atom is -0.274 e. The van der Waals surface area contributed by atoms with Crippen LogP contribution in [0.3, 0.4) is 0 Å². The van der Waals surface area contributed by atoms with E-state index in [-0.39, 0.29) is 17.1 Å². The molecular formula is C18H23NO2S. The summed E-state index contributed by atoms with van der Waals surface area (Å²) in [7, 11) is 0. The van der Waals surface area contributed by atoms with Crippen molar-refractivity contribution in [2.45, 2.75) is 46.3 Å². The fourth-order valence-corrected chi connectivity index (χ4v) is 3.48. The van der Waals surface area contributed by atoms with Crippen LogP contribution in [0, 0.1) is 13.8 Å². The number of hydrogen-bond donors (Lipinski definition) is 0. The van der Waals surface area contributed by atoms with Gasteiger partial charge in [0.05, 0.1) is 10.5 Å². The lowest BCUT2D eigenvalue weighted by molar-refractivity contribution is -0.136. The van der Waals surface area contributed by atoms with Crippen molar-refractivity contribution >= 4 is 29.1 Å². The lowest BCUT2D eigenvalue weighted by Crippen LogP contribution is -2.32. The van der Waals surface area contributed by atoms with Gasteiger partial charge in [0.25, 0.3) is 11.8 Å². The van der Waals surface area contributed by atoms with Crippen molar-refractivity contribution in [3.05, 3.63) is 39.8 Å². The summed E-state index contributed by atoms with van der Waals surface area (Å²) in [5.74, 6) is -0.294. The molecule has 3 nitrogen and oxygen atoms in total. The number of nitrogens with zero attached hydrogens (tertiary/aromatic N) is 1. The highest BCUT2D eigenvalue weighted by molar-refractivity contribution is 8.04. The molecule has 1 aliphatic heterocycles. The quantitative estimate of drug-likeness (QED) is 0.772. The lowest BCUT2D eigenvalue weighted by atomic mass is 10.0. The summed E-state index contributed by atoms with van der Waals surface area (Å²) in [4.78, 5) is 27.3. The molecule has 4 heteroatoms. The number of carbonyl (C=O) groups is 2. The molecule has 2 rings (SSSR count). The number of rotatable bonds is 5. The molecule has 0 atom stereocenters. The molecule has 0 bridgehead atoms. The van der Waals surface area contributed by atoms with Crippen LogP contribution in [-0.4, -0.2) is 28.5 Å². The second-order valence-corrected chi connectivity index (χ2v) is 7.52. The first-order chi connectivity index (χ1) is 10.4. The number of imide groups is 1. The van der Waals surface area contributed by atoms with Crippen LogP contribution in [-0.2, 0) is 9.59 Å². The standard InChI is InChI=1S/C18H23NO2S/c1-6-9-19-17(20)15(16(18(19)21)22-11(2)3)14-8-7-12(4)13(5)10-14/h7-8,10-11H,6,9H2,1-5H3. The monoisotopic (exact) mass is 317 g/mol. The van der Waals surface area contributed by atoms with E-state index in [4.69, 9.17) is 0 Å². The Labute approximate surface area is 136 Å². The fraction of sp³-hybridized carbons (Fsp3) is 0.444. The van der Waals surface area contributed by atoms with E-state index in [1.807, 2.05) is 52.8 Å². The molecule has 0 saturated carbocycles. The molecule has 0 spiro atoms. The fourth-order valence-electron chi connectivity index (χ4n) is 2.48. The molecule has 22 heavy (non-hydrogen) atoms. The molecule has 0 aromatic heterocycles. The van der Waals surface area contributed by atoms with Crippen LogP contribution >= 0.6 is 11.8 Å². The van der Waals surface area contributed by atoms with Gasteiger partial charge in [0.15, 0.2) is 0 Å². The highest BCUT2D eigenvalue weighted by Gasteiger charge is 2.38. The van der Waals surface area contributed by atoms with Crippen molar-refractivity contribution in [2.24, 2.45) is 0 Å². The van der Waals surface area contributed by atoms with E-state index < -0.39 is 0 Å². The molecule has 1 aliphatic rings. The van der Waals surface area contributed by atoms with E-state index in [0.717, 1.165) is 17.5 Å². The second kappa shape index (κ2) is 6.69. The maximum atomic E-state index is 12.7. The first kappa shape index (κ1) is 16.8. The van der Waals surface area contributed by atoms with E-state index in [1.165, 1.54) is 22.2 Å². The Bertz CT molecular complexity index is 646.